The maximum Gasteiger partial charge on any atom is 0.0224 e. The second kappa shape index (κ2) is 7.29. The first-order valence-corrected chi connectivity index (χ1v) is 7.15. The Morgan fingerprint density at radius 2 is 1.94 bits per heavy atom. The Morgan fingerprint density at radius 3 is 2.38 bits per heavy atom. The third-order valence-electron chi connectivity index (χ3n) is 3.73. The van der Waals surface area contributed by atoms with Crippen molar-refractivity contribution < 1.29 is 0 Å². The first-order valence-electron chi connectivity index (χ1n) is 7.15. The van der Waals surface area contributed by atoms with Crippen LogP contribution in [0.2, 0.25) is 0 Å². The van der Waals surface area contributed by atoms with Crippen molar-refractivity contribution in [2.75, 3.05) is 19.6 Å². The molecular weight excluding hydrogens is 196 g/mol. The Morgan fingerprint density at radius 1 is 1.25 bits per heavy atom. The van der Waals surface area contributed by atoms with Crippen molar-refractivity contribution in [3.63, 3.8) is 0 Å². The molecule has 1 N–H and O–H groups in total. The van der Waals surface area contributed by atoms with Crippen molar-refractivity contribution in [2.24, 2.45) is 5.92 Å². The molecule has 16 heavy (non-hydrogen) atoms. The Kier molecular flexibility index (Phi) is 6.37. The number of hydrogen-bond acceptors (Lipinski definition) is 2. The van der Waals surface area contributed by atoms with Crippen molar-refractivity contribution in [1.29, 1.82) is 0 Å². The zero-order valence-electron chi connectivity index (χ0n) is 11.6. The zero-order valence-corrected chi connectivity index (χ0v) is 11.6. The fourth-order valence-electron chi connectivity index (χ4n) is 2.89. The van der Waals surface area contributed by atoms with Gasteiger partial charge in [0.1, 0.15) is 0 Å². The zero-order chi connectivity index (χ0) is 12.0. The van der Waals surface area contributed by atoms with Crippen LogP contribution in [0, 0.1) is 5.92 Å². The maximum atomic E-state index is 3.55. The monoisotopic (exact) mass is 226 g/mol. The van der Waals surface area contributed by atoms with Gasteiger partial charge in [0.05, 0.1) is 0 Å². The van der Waals surface area contributed by atoms with E-state index in [1.807, 2.05) is 0 Å². The van der Waals surface area contributed by atoms with E-state index in [4.69, 9.17) is 0 Å². The molecule has 1 saturated heterocycles. The highest BCUT2D eigenvalue weighted by Crippen LogP contribution is 2.19. The average Bonchev–Trinajstić information content (AvgIpc) is 2.30. The lowest BCUT2D eigenvalue weighted by Gasteiger charge is -2.40. The molecule has 0 spiro atoms. The summed E-state index contributed by atoms with van der Waals surface area (Å²) in [6.07, 6.45) is 5.31. The molecule has 0 aromatic rings. The molecule has 0 radical (unpaired) electrons. The van der Waals surface area contributed by atoms with Gasteiger partial charge in [-0.2, -0.15) is 0 Å². The average molecular weight is 226 g/mol. The first kappa shape index (κ1) is 14.0. The lowest BCUT2D eigenvalue weighted by Crippen LogP contribution is -2.51. The molecule has 0 aromatic heterocycles. The van der Waals surface area contributed by atoms with Crippen molar-refractivity contribution in [2.45, 2.75) is 65.5 Å². The standard InChI is InChI=1S/C14H30N2/c1-5-13(6-2)16(11-12(3)4)14-8-7-9-15-10-14/h12-15H,5-11H2,1-4H3. The van der Waals surface area contributed by atoms with Crippen LogP contribution in [-0.2, 0) is 0 Å². The summed E-state index contributed by atoms with van der Waals surface area (Å²) in [5.41, 5.74) is 0. The van der Waals surface area contributed by atoms with Crippen molar-refractivity contribution in [3.05, 3.63) is 0 Å². The number of nitrogens with zero attached hydrogens (tertiary/aromatic N) is 1. The van der Waals surface area contributed by atoms with Gasteiger partial charge in [-0.15, -0.1) is 0 Å². The molecule has 1 aliphatic heterocycles. The number of hydrogen-bond donors (Lipinski definition) is 1. The summed E-state index contributed by atoms with van der Waals surface area (Å²) in [6, 6.07) is 1.56. The van der Waals surface area contributed by atoms with Gasteiger partial charge in [0.15, 0.2) is 0 Å². The molecule has 96 valence electrons. The molecule has 0 aliphatic carbocycles. The van der Waals surface area contributed by atoms with Gasteiger partial charge >= 0.3 is 0 Å². The van der Waals surface area contributed by atoms with Crippen LogP contribution in [0.1, 0.15) is 53.4 Å². The fourth-order valence-corrected chi connectivity index (χ4v) is 2.89. The Hall–Kier alpha value is -0.0800. The predicted octanol–water partition coefficient (Wildman–Crippen LogP) is 2.89. The van der Waals surface area contributed by atoms with E-state index in [-0.39, 0.29) is 0 Å². The summed E-state index contributed by atoms with van der Waals surface area (Å²) in [5.74, 6) is 0.780. The summed E-state index contributed by atoms with van der Waals surface area (Å²) in [5, 5.41) is 3.55. The number of piperidine rings is 1. The molecule has 0 aromatic carbocycles. The third kappa shape index (κ3) is 4.06. The number of rotatable bonds is 6. The maximum absolute atomic E-state index is 3.55. The molecule has 1 fully saturated rings. The van der Waals surface area contributed by atoms with Crippen LogP contribution in [0.3, 0.4) is 0 Å². The molecule has 1 rings (SSSR count). The molecule has 1 unspecified atom stereocenters. The molecule has 1 heterocycles. The quantitative estimate of drug-likeness (QED) is 0.749. The predicted molar refractivity (Wildman–Crippen MR) is 71.8 cm³/mol. The van der Waals surface area contributed by atoms with Gasteiger partial charge in [0, 0.05) is 25.2 Å². The minimum absolute atomic E-state index is 0.779. The van der Waals surface area contributed by atoms with Gasteiger partial charge in [-0.05, 0) is 38.1 Å². The highest BCUT2D eigenvalue weighted by Gasteiger charge is 2.25. The van der Waals surface area contributed by atoms with E-state index in [1.54, 1.807) is 0 Å². The molecular formula is C14H30N2. The van der Waals surface area contributed by atoms with E-state index in [2.05, 4.69) is 37.9 Å². The largest absolute Gasteiger partial charge is 0.315 e. The second-order valence-corrected chi connectivity index (χ2v) is 5.56. The first-order chi connectivity index (χ1) is 7.69. The van der Waals surface area contributed by atoms with Gasteiger partial charge in [-0.1, -0.05) is 27.7 Å². The second-order valence-electron chi connectivity index (χ2n) is 5.56. The van der Waals surface area contributed by atoms with Crippen LogP contribution in [0.5, 0.6) is 0 Å². The summed E-state index contributed by atoms with van der Waals surface area (Å²) >= 11 is 0. The highest BCUT2D eigenvalue weighted by molar-refractivity contribution is 4.83. The van der Waals surface area contributed by atoms with E-state index in [1.165, 1.54) is 45.3 Å². The van der Waals surface area contributed by atoms with E-state index in [9.17, 15) is 0 Å². The molecule has 1 aliphatic rings. The van der Waals surface area contributed by atoms with Crippen LogP contribution < -0.4 is 5.32 Å². The summed E-state index contributed by atoms with van der Waals surface area (Å²) in [6.45, 7) is 13.0. The Bertz CT molecular complexity index is 170. The lowest BCUT2D eigenvalue weighted by molar-refractivity contribution is 0.0919. The van der Waals surface area contributed by atoms with E-state index in [0.29, 0.717) is 0 Å². The normalized spacial score (nSPS) is 22.3. The Balaban J connectivity index is 2.60. The van der Waals surface area contributed by atoms with Crippen LogP contribution in [0.4, 0.5) is 0 Å². The molecule has 2 heteroatoms. The Labute approximate surface area is 102 Å². The SMILES string of the molecule is CCC(CC)N(CC(C)C)C1CCCNC1. The summed E-state index contributed by atoms with van der Waals surface area (Å²) in [7, 11) is 0. The minimum Gasteiger partial charge on any atom is -0.315 e. The van der Waals surface area contributed by atoms with E-state index < -0.39 is 0 Å². The molecule has 0 amide bonds. The van der Waals surface area contributed by atoms with Crippen LogP contribution in [0.15, 0.2) is 0 Å². The fraction of sp³-hybridized carbons (Fsp3) is 1.00. The van der Waals surface area contributed by atoms with Crippen molar-refractivity contribution in [1.82, 2.24) is 10.2 Å². The smallest absolute Gasteiger partial charge is 0.0224 e. The molecule has 1 atom stereocenters. The summed E-state index contributed by atoms with van der Waals surface area (Å²) in [4.78, 5) is 2.77. The van der Waals surface area contributed by atoms with Crippen LogP contribution >= 0.6 is 0 Å². The van der Waals surface area contributed by atoms with Crippen LogP contribution in [0.25, 0.3) is 0 Å². The van der Waals surface area contributed by atoms with Gasteiger partial charge in [0.2, 0.25) is 0 Å². The summed E-state index contributed by atoms with van der Waals surface area (Å²) < 4.78 is 0. The van der Waals surface area contributed by atoms with Crippen molar-refractivity contribution >= 4 is 0 Å². The lowest BCUT2D eigenvalue weighted by atomic mass is 9.99. The van der Waals surface area contributed by atoms with Gasteiger partial charge in [-0.25, -0.2) is 0 Å². The van der Waals surface area contributed by atoms with Crippen molar-refractivity contribution in [3.8, 4) is 0 Å². The van der Waals surface area contributed by atoms with Gasteiger partial charge in [-0.3, -0.25) is 4.90 Å². The highest BCUT2D eigenvalue weighted by atomic mass is 15.2. The van der Waals surface area contributed by atoms with Gasteiger partial charge in [0.25, 0.3) is 0 Å². The minimum atomic E-state index is 0.779. The van der Waals surface area contributed by atoms with E-state index >= 15 is 0 Å². The molecule has 0 saturated carbocycles. The number of nitrogens with one attached hydrogen (secondary N) is 1. The van der Waals surface area contributed by atoms with Crippen LogP contribution in [-0.4, -0.2) is 36.6 Å². The topological polar surface area (TPSA) is 15.3 Å². The third-order valence-corrected chi connectivity index (χ3v) is 3.73. The van der Waals surface area contributed by atoms with E-state index in [0.717, 1.165) is 18.0 Å². The molecule has 2 nitrogen and oxygen atoms in total. The van der Waals surface area contributed by atoms with Gasteiger partial charge < -0.3 is 5.32 Å². The molecule has 0 bridgehead atoms.